The summed E-state index contributed by atoms with van der Waals surface area (Å²) in [6.07, 6.45) is 4.11. The van der Waals surface area contributed by atoms with Crippen LogP contribution < -0.4 is 9.21 Å². The summed E-state index contributed by atoms with van der Waals surface area (Å²) in [6.45, 7) is 0.485. The van der Waals surface area contributed by atoms with Gasteiger partial charge in [0.1, 0.15) is 6.04 Å². The highest BCUT2D eigenvalue weighted by Crippen LogP contribution is 2.33. The van der Waals surface area contributed by atoms with Crippen molar-refractivity contribution in [2.75, 3.05) is 28.6 Å². The molecular weight excluding hydrogens is 404 g/mol. The lowest BCUT2D eigenvalue weighted by Crippen LogP contribution is -2.42. The Kier molecular flexibility index (Phi) is 5.34. The van der Waals surface area contributed by atoms with Crippen molar-refractivity contribution in [1.82, 2.24) is 0 Å². The number of nitrogens with zero attached hydrogens (tertiary/aromatic N) is 2. The Balaban J connectivity index is 1.53. The van der Waals surface area contributed by atoms with Gasteiger partial charge in [0, 0.05) is 24.7 Å². The number of hydrogen-bond acceptors (Lipinski definition) is 5. The lowest BCUT2D eigenvalue weighted by atomic mass is 10.1. The third-order valence-electron chi connectivity index (χ3n) is 5.39. The second-order valence-corrected chi connectivity index (χ2v) is 9.26. The molecule has 156 valence electrons. The highest BCUT2D eigenvalue weighted by atomic mass is 32.2. The fraction of sp³-hybridized carbons (Fsp3) is 0.273. The van der Waals surface area contributed by atoms with E-state index in [1.165, 1.54) is 22.4 Å². The average Bonchev–Trinajstić information content (AvgIpc) is 3.31. The van der Waals surface area contributed by atoms with Crippen LogP contribution >= 0.6 is 0 Å². The zero-order valence-corrected chi connectivity index (χ0v) is 17.3. The van der Waals surface area contributed by atoms with Crippen molar-refractivity contribution in [3.8, 4) is 0 Å². The minimum atomic E-state index is -3.22. The molecule has 0 aromatic heterocycles. The van der Waals surface area contributed by atoms with Gasteiger partial charge in [0.05, 0.1) is 18.6 Å². The zero-order chi connectivity index (χ0) is 21.3. The quantitative estimate of drug-likeness (QED) is 0.554. The summed E-state index contributed by atoms with van der Waals surface area (Å²) in [4.78, 5) is 26.6. The minimum Gasteiger partial charge on any atom is -0.467 e. The fourth-order valence-corrected chi connectivity index (χ4v) is 5.48. The summed E-state index contributed by atoms with van der Waals surface area (Å²) in [6, 6.07) is 13.7. The first-order valence-corrected chi connectivity index (χ1v) is 11.3. The van der Waals surface area contributed by atoms with E-state index in [4.69, 9.17) is 4.74 Å². The molecule has 0 N–H and O–H groups in total. The molecule has 1 atom stereocenters. The predicted octanol–water partition coefficient (Wildman–Crippen LogP) is 2.37. The summed E-state index contributed by atoms with van der Waals surface area (Å²) in [5.41, 5.74) is 3.00. The molecule has 30 heavy (non-hydrogen) atoms. The summed E-state index contributed by atoms with van der Waals surface area (Å²) < 4.78 is 30.4. The zero-order valence-electron chi connectivity index (χ0n) is 16.5. The highest BCUT2D eigenvalue weighted by Gasteiger charge is 2.38. The van der Waals surface area contributed by atoms with Gasteiger partial charge in [0.2, 0.25) is 10.0 Å². The van der Waals surface area contributed by atoms with Gasteiger partial charge in [-0.25, -0.2) is 13.2 Å². The molecular formula is C22H22N2O5S. The number of benzene rings is 2. The van der Waals surface area contributed by atoms with Gasteiger partial charge in [-0.2, -0.15) is 0 Å². The number of amides is 1. The van der Waals surface area contributed by atoms with E-state index in [0.29, 0.717) is 30.8 Å². The molecule has 0 bridgehead atoms. The maximum atomic E-state index is 12.9. The van der Waals surface area contributed by atoms with Gasteiger partial charge < -0.3 is 4.74 Å². The van der Waals surface area contributed by atoms with Gasteiger partial charge >= 0.3 is 5.97 Å². The molecule has 8 heteroatoms. The largest absolute Gasteiger partial charge is 0.467 e. The van der Waals surface area contributed by atoms with E-state index in [0.717, 1.165) is 11.1 Å². The number of carbonyl (C=O) groups is 2. The van der Waals surface area contributed by atoms with E-state index in [2.05, 4.69) is 0 Å². The number of anilines is 2. The van der Waals surface area contributed by atoms with E-state index < -0.39 is 22.0 Å². The topological polar surface area (TPSA) is 84.0 Å². The Morgan fingerprint density at radius 1 is 1.10 bits per heavy atom. The Labute approximate surface area is 175 Å². The number of ether oxygens (including phenoxy) is 1. The van der Waals surface area contributed by atoms with Crippen molar-refractivity contribution >= 4 is 39.4 Å². The molecule has 0 spiro atoms. The summed E-state index contributed by atoms with van der Waals surface area (Å²) >= 11 is 0. The molecule has 2 aromatic carbocycles. The second-order valence-electron chi connectivity index (χ2n) is 7.25. The first-order chi connectivity index (χ1) is 14.4. The molecule has 2 aromatic rings. The first kappa shape index (κ1) is 20.2. The molecule has 7 nitrogen and oxygen atoms in total. The molecule has 1 unspecified atom stereocenters. The lowest BCUT2D eigenvalue weighted by molar-refractivity contribution is -0.143. The normalized spacial score (nSPS) is 19.8. The number of rotatable bonds is 4. The molecule has 2 heterocycles. The van der Waals surface area contributed by atoms with E-state index >= 15 is 0 Å². The molecule has 2 aliphatic heterocycles. The molecule has 0 radical (unpaired) electrons. The minimum absolute atomic E-state index is 0.168. The maximum Gasteiger partial charge on any atom is 0.329 e. The Hall–Kier alpha value is -3.13. The lowest BCUT2D eigenvalue weighted by Gasteiger charge is -2.22. The van der Waals surface area contributed by atoms with Crippen LogP contribution in [0.3, 0.4) is 0 Å². The van der Waals surface area contributed by atoms with Crippen molar-refractivity contribution in [1.29, 1.82) is 0 Å². The van der Waals surface area contributed by atoms with Gasteiger partial charge in [-0.05, 0) is 41.8 Å². The number of methoxy groups -OCH3 is 1. The van der Waals surface area contributed by atoms with Gasteiger partial charge in [-0.3, -0.25) is 14.0 Å². The van der Waals surface area contributed by atoms with Crippen LogP contribution in [0, 0.1) is 0 Å². The van der Waals surface area contributed by atoms with Crippen molar-refractivity contribution < 1.29 is 22.7 Å². The Morgan fingerprint density at radius 2 is 1.83 bits per heavy atom. The maximum absolute atomic E-state index is 12.9. The fourth-order valence-electron chi connectivity index (χ4n) is 3.91. The number of fused-ring (bicyclic) bond motifs is 1. The van der Waals surface area contributed by atoms with Gasteiger partial charge in [0.15, 0.2) is 0 Å². The molecule has 1 fully saturated rings. The molecule has 2 aliphatic rings. The third kappa shape index (κ3) is 3.70. The van der Waals surface area contributed by atoms with Gasteiger partial charge in [-0.1, -0.05) is 30.3 Å². The van der Waals surface area contributed by atoms with Crippen LogP contribution in [0.1, 0.15) is 17.5 Å². The number of carbonyl (C=O) groups excluding carboxylic acids is 2. The van der Waals surface area contributed by atoms with E-state index in [-0.39, 0.29) is 11.7 Å². The van der Waals surface area contributed by atoms with Crippen LogP contribution in [0.25, 0.3) is 6.08 Å². The van der Waals surface area contributed by atoms with Crippen LogP contribution in [0.4, 0.5) is 11.4 Å². The molecule has 0 saturated carbocycles. The van der Waals surface area contributed by atoms with Gasteiger partial charge in [0.25, 0.3) is 5.91 Å². The predicted molar refractivity (Wildman–Crippen MR) is 115 cm³/mol. The van der Waals surface area contributed by atoms with Crippen LogP contribution in [0.5, 0.6) is 0 Å². The average molecular weight is 426 g/mol. The van der Waals surface area contributed by atoms with E-state index in [1.54, 1.807) is 30.3 Å². The standard InChI is InChI=1S/C22H22N2O5S/c1-29-22(26)20-15-17-5-2-3-6-19(17)24(20)21(25)12-9-16-7-10-18(11-8-16)23-13-4-14-30(23,27)28/h2-3,5-12,20H,4,13-15H2,1H3/b12-9+. The van der Waals surface area contributed by atoms with Crippen molar-refractivity contribution in [3.63, 3.8) is 0 Å². The highest BCUT2D eigenvalue weighted by molar-refractivity contribution is 7.93. The van der Waals surface area contributed by atoms with Crippen molar-refractivity contribution in [2.45, 2.75) is 18.9 Å². The molecule has 0 aliphatic carbocycles. The SMILES string of the molecule is COC(=O)C1Cc2ccccc2N1C(=O)/C=C/c1ccc(N2CCCS2(=O)=O)cc1. The summed E-state index contributed by atoms with van der Waals surface area (Å²) in [7, 11) is -1.91. The van der Waals surface area contributed by atoms with Crippen LogP contribution in [0.2, 0.25) is 0 Å². The molecule has 1 amide bonds. The van der Waals surface area contributed by atoms with Crippen LogP contribution in [-0.4, -0.2) is 45.7 Å². The van der Waals surface area contributed by atoms with Crippen molar-refractivity contribution in [3.05, 3.63) is 65.7 Å². The summed E-state index contributed by atoms with van der Waals surface area (Å²) in [5, 5.41) is 0. The van der Waals surface area contributed by atoms with E-state index in [9.17, 15) is 18.0 Å². The van der Waals surface area contributed by atoms with Crippen molar-refractivity contribution in [2.24, 2.45) is 0 Å². The van der Waals surface area contributed by atoms with E-state index in [1.807, 2.05) is 24.3 Å². The Morgan fingerprint density at radius 3 is 2.50 bits per heavy atom. The molecule has 1 saturated heterocycles. The molecule has 4 rings (SSSR count). The van der Waals surface area contributed by atoms with Crippen LogP contribution in [0.15, 0.2) is 54.6 Å². The monoisotopic (exact) mass is 426 g/mol. The number of sulfonamides is 1. The number of hydrogen-bond donors (Lipinski definition) is 0. The summed E-state index contributed by atoms with van der Waals surface area (Å²) in [5.74, 6) is -0.604. The number of para-hydroxylation sites is 1. The smallest absolute Gasteiger partial charge is 0.329 e. The van der Waals surface area contributed by atoms with Crippen LogP contribution in [-0.2, 0) is 30.8 Å². The third-order valence-corrected chi connectivity index (χ3v) is 7.26. The second kappa shape index (κ2) is 7.95. The Bertz CT molecular complexity index is 1110. The van der Waals surface area contributed by atoms with Gasteiger partial charge in [-0.15, -0.1) is 0 Å². The number of esters is 1. The first-order valence-electron chi connectivity index (χ1n) is 9.68.